The quantitative estimate of drug-likeness (QED) is 0.658. The predicted octanol–water partition coefficient (Wildman–Crippen LogP) is 1.11. The highest BCUT2D eigenvalue weighted by atomic mass is 16.4. The number of aliphatic carboxylic acids is 1. The molecule has 1 saturated heterocycles. The third-order valence-electron chi connectivity index (χ3n) is 6.14. The minimum Gasteiger partial charge on any atom is -0.480 e. The first-order valence-electron chi connectivity index (χ1n) is 10.2. The van der Waals surface area contributed by atoms with E-state index in [2.05, 4.69) is 5.32 Å². The van der Waals surface area contributed by atoms with E-state index in [4.69, 9.17) is 5.11 Å². The molecule has 1 heterocycles. The van der Waals surface area contributed by atoms with Gasteiger partial charge in [0.05, 0.1) is 12.6 Å². The summed E-state index contributed by atoms with van der Waals surface area (Å²) in [6.45, 7) is 5.71. The first-order valence-corrected chi connectivity index (χ1v) is 10.2. The molecular formula is C19H32N4O4. The normalized spacial score (nSPS) is 27.4. The van der Waals surface area contributed by atoms with Crippen LogP contribution in [0.1, 0.15) is 52.4 Å². The van der Waals surface area contributed by atoms with Crippen LogP contribution in [0.4, 0.5) is 4.79 Å². The lowest BCUT2D eigenvalue weighted by Gasteiger charge is -2.43. The molecule has 3 rings (SSSR count). The molecule has 2 N–H and O–H groups in total. The van der Waals surface area contributed by atoms with Gasteiger partial charge < -0.3 is 20.2 Å². The van der Waals surface area contributed by atoms with E-state index in [1.807, 2.05) is 21.6 Å². The topological polar surface area (TPSA) is 93.2 Å². The zero-order valence-electron chi connectivity index (χ0n) is 16.4. The Kier molecular flexibility index (Phi) is 6.24. The van der Waals surface area contributed by atoms with Crippen molar-refractivity contribution in [3.05, 3.63) is 0 Å². The standard InChI is InChI=1S/C19H32N4O4/c1-3-21(12-18(25)26)17-9-14(10-17)20-19(27)22-8-4-5-16(22)11-23(13(2)24)15-6-7-15/h14-17H,3-12H2,1-2H3,(H,20,27)(H,25,26). The summed E-state index contributed by atoms with van der Waals surface area (Å²) in [5, 5.41) is 12.1. The van der Waals surface area contributed by atoms with Crippen LogP contribution in [0.15, 0.2) is 0 Å². The van der Waals surface area contributed by atoms with Gasteiger partial charge in [0.15, 0.2) is 0 Å². The summed E-state index contributed by atoms with van der Waals surface area (Å²) in [5.41, 5.74) is 0. The molecule has 3 fully saturated rings. The van der Waals surface area contributed by atoms with Gasteiger partial charge in [-0.1, -0.05) is 6.92 Å². The molecule has 0 bridgehead atoms. The zero-order valence-corrected chi connectivity index (χ0v) is 16.4. The van der Waals surface area contributed by atoms with Crippen molar-refractivity contribution in [1.29, 1.82) is 0 Å². The maximum atomic E-state index is 12.7. The Morgan fingerprint density at radius 3 is 2.41 bits per heavy atom. The van der Waals surface area contributed by atoms with E-state index in [1.54, 1.807) is 6.92 Å². The van der Waals surface area contributed by atoms with Crippen LogP contribution < -0.4 is 5.32 Å². The number of hydrogen-bond donors (Lipinski definition) is 2. The highest BCUT2D eigenvalue weighted by Gasteiger charge is 2.39. The van der Waals surface area contributed by atoms with E-state index in [0.29, 0.717) is 19.1 Å². The van der Waals surface area contributed by atoms with E-state index in [9.17, 15) is 14.4 Å². The summed E-state index contributed by atoms with van der Waals surface area (Å²) in [6, 6.07) is 0.772. The maximum absolute atomic E-state index is 12.7. The monoisotopic (exact) mass is 380 g/mol. The maximum Gasteiger partial charge on any atom is 0.317 e. The van der Waals surface area contributed by atoms with E-state index < -0.39 is 5.97 Å². The molecule has 1 unspecified atom stereocenters. The van der Waals surface area contributed by atoms with Crippen LogP contribution in [-0.4, -0.2) is 88.1 Å². The van der Waals surface area contributed by atoms with Gasteiger partial charge in [0.2, 0.25) is 5.91 Å². The number of urea groups is 1. The van der Waals surface area contributed by atoms with Gasteiger partial charge in [-0.2, -0.15) is 0 Å². The van der Waals surface area contributed by atoms with Crippen LogP contribution in [0.2, 0.25) is 0 Å². The van der Waals surface area contributed by atoms with E-state index in [-0.39, 0.29) is 36.6 Å². The van der Waals surface area contributed by atoms with Gasteiger partial charge in [-0.3, -0.25) is 14.5 Å². The van der Waals surface area contributed by atoms with E-state index in [1.165, 1.54) is 0 Å². The summed E-state index contributed by atoms with van der Waals surface area (Å²) in [4.78, 5) is 41.3. The average molecular weight is 380 g/mol. The minimum atomic E-state index is -0.810. The Hall–Kier alpha value is -1.83. The second-order valence-corrected chi connectivity index (χ2v) is 8.12. The number of carbonyl (C=O) groups is 3. The number of carboxylic acid groups (broad SMARTS) is 1. The Labute approximate surface area is 160 Å². The molecule has 1 atom stereocenters. The molecule has 2 saturated carbocycles. The van der Waals surface area contributed by atoms with Crippen LogP contribution in [-0.2, 0) is 9.59 Å². The van der Waals surface area contributed by atoms with E-state index in [0.717, 1.165) is 45.1 Å². The lowest BCUT2D eigenvalue weighted by Crippen LogP contribution is -2.58. The largest absolute Gasteiger partial charge is 0.480 e. The number of amides is 3. The van der Waals surface area contributed by atoms with Gasteiger partial charge in [-0.05, 0) is 45.1 Å². The summed E-state index contributed by atoms with van der Waals surface area (Å²) in [7, 11) is 0. The molecule has 0 aromatic carbocycles. The Morgan fingerprint density at radius 1 is 1.15 bits per heavy atom. The van der Waals surface area contributed by atoms with Crippen molar-refractivity contribution in [3.8, 4) is 0 Å². The molecule has 0 aromatic heterocycles. The fourth-order valence-corrected chi connectivity index (χ4v) is 4.38. The number of likely N-dealkylation sites (tertiary alicyclic amines) is 1. The molecule has 3 aliphatic rings. The lowest BCUT2D eigenvalue weighted by atomic mass is 9.85. The van der Waals surface area contributed by atoms with Crippen LogP contribution in [0.3, 0.4) is 0 Å². The van der Waals surface area contributed by atoms with Crippen LogP contribution in [0.5, 0.6) is 0 Å². The van der Waals surface area contributed by atoms with Gasteiger partial charge in [0.25, 0.3) is 0 Å². The Morgan fingerprint density at radius 2 is 1.85 bits per heavy atom. The molecule has 3 amide bonds. The number of rotatable bonds is 8. The number of hydrogen-bond acceptors (Lipinski definition) is 4. The number of nitrogens with zero attached hydrogens (tertiary/aromatic N) is 3. The summed E-state index contributed by atoms with van der Waals surface area (Å²) in [6.07, 6.45) is 5.67. The third kappa shape index (κ3) is 4.91. The molecule has 8 heteroatoms. The smallest absolute Gasteiger partial charge is 0.317 e. The fourth-order valence-electron chi connectivity index (χ4n) is 4.38. The minimum absolute atomic E-state index is 0.0402. The lowest BCUT2D eigenvalue weighted by molar-refractivity contribution is -0.139. The third-order valence-corrected chi connectivity index (χ3v) is 6.14. The van der Waals surface area contributed by atoms with Crippen molar-refractivity contribution >= 4 is 17.9 Å². The Balaban J connectivity index is 1.46. The summed E-state index contributed by atoms with van der Waals surface area (Å²) < 4.78 is 0. The SMILES string of the molecule is CCN(CC(=O)O)C1CC(NC(=O)N2CCCC2CN(C(C)=O)C2CC2)C1. The molecule has 2 aliphatic carbocycles. The number of carboxylic acids is 1. The molecule has 0 radical (unpaired) electrons. The first kappa shape index (κ1) is 19.9. The molecule has 152 valence electrons. The summed E-state index contributed by atoms with van der Waals surface area (Å²) >= 11 is 0. The first-order chi connectivity index (χ1) is 12.9. The molecule has 0 aromatic rings. The molecule has 0 spiro atoms. The predicted molar refractivity (Wildman–Crippen MR) is 100 cm³/mol. The van der Waals surface area contributed by atoms with Crippen molar-refractivity contribution < 1.29 is 19.5 Å². The van der Waals surface area contributed by atoms with Gasteiger partial charge in [-0.15, -0.1) is 0 Å². The van der Waals surface area contributed by atoms with Crippen molar-refractivity contribution in [3.63, 3.8) is 0 Å². The fraction of sp³-hybridized carbons (Fsp3) is 0.842. The van der Waals surface area contributed by atoms with Crippen molar-refractivity contribution in [2.45, 2.75) is 76.5 Å². The van der Waals surface area contributed by atoms with Crippen molar-refractivity contribution in [2.24, 2.45) is 0 Å². The molecule has 1 aliphatic heterocycles. The van der Waals surface area contributed by atoms with Crippen molar-refractivity contribution in [1.82, 2.24) is 20.0 Å². The number of likely N-dealkylation sites (N-methyl/N-ethyl adjacent to an activating group) is 1. The Bertz CT molecular complexity index is 574. The second kappa shape index (κ2) is 8.46. The number of nitrogens with one attached hydrogen (secondary N) is 1. The van der Waals surface area contributed by atoms with Gasteiger partial charge in [0.1, 0.15) is 0 Å². The van der Waals surface area contributed by atoms with Crippen LogP contribution >= 0.6 is 0 Å². The highest BCUT2D eigenvalue weighted by Crippen LogP contribution is 2.30. The van der Waals surface area contributed by atoms with Gasteiger partial charge in [-0.25, -0.2) is 4.79 Å². The van der Waals surface area contributed by atoms with Gasteiger partial charge in [0, 0.05) is 38.1 Å². The zero-order chi connectivity index (χ0) is 19.6. The molecule has 8 nitrogen and oxygen atoms in total. The van der Waals surface area contributed by atoms with Crippen LogP contribution in [0.25, 0.3) is 0 Å². The van der Waals surface area contributed by atoms with Gasteiger partial charge >= 0.3 is 12.0 Å². The van der Waals surface area contributed by atoms with Crippen LogP contribution in [0, 0.1) is 0 Å². The number of carbonyl (C=O) groups excluding carboxylic acids is 2. The average Bonchev–Trinajstić information content (AvgIpc) is 3.30. The molecular weight excluding hydrogens is 348 g/mol. The highest BCUT2D eigenvalue weighted by molar-refractivity contribution is 5.76. The van der Waals surface area contributed by atoms with E-state index >= 15 is 0 Å². The van der Waals surface area contributed by atoms with Crippen molar-refractivity contribution in [2.75, 3.05) is 26.2 Å². The second-order valence-electron chi connectivity index (χ2n) is 8.12. The molecule has 27 heavy (non-hydrogen) atoms. The summed E-state index contributed by atoms with van der Waals surface area (Å²) in [5.74, 6) is -0.709.